The molecule has 6 heteroatoms. The van der Waals surface area contributed by atoms with E-state index < -0.39 is 30.0 Å². The molecular weight excluding hydrogens is 271 g/mol. The van der Waals surface area contributed by atoms with Gasteiger partial charge in [0.05, 0.1) is 5.92 Å². The van der Waals surface area contributed by atoms with Crippen molar-refractivity contribution in [3.05, 3.63) is 35.9 Å². The van der Waals surface area contributed by atoms with E-state index in [1.807, 2.05) is 6.07 Å². The number of halogens is 3. The Hall–Kier alpha value is -1.56. The Morgan fingerprint density at radius 2 is 2.00 bits per heavy atom. The quantitative estimate of drug-likeness (QED) is 0.847. The molecule has 0 aromatic heterocycles. The van der Waals surface area contributed by atoms with Crippen molar-refractivity contribution in [1.82, 2.24) is 0 Å². The molecule has 0 amide bonds. The molecule has 0 spiro atoms. The second-order valence-electron chi connectivity index (χ2n) is 5.08. The van der Waals surface area contributed by atoms with Crippen molar-refractivity contribution in [2.45, 2.75) is 31.7 Å². The fourth-order valence-corrected chi connectivity index (χ4v) is 2.17. The summed E-state index contributed by atoms with van der Waals surface area (Å²) in [5.74, 6) is -2.51. The van der Waals surface area contributed by atoms with Crippen molar-refractivity contribution in [3.8, 4) is 0 Å². The number of esters is 1. The van der Waals surface area contributed by atoms with Crippen molar-refractivity contribution in [2.75, 3.05) is 0 Å². The first kappa shape index (κ1) is 14.8. The third-order valence-electron chi connectivity index (χ3n) is 3.43. The molecule has 2 rings (SSSR count). The molecule has 3 nitrogen and oxygen atoms in total. The summed E-state index contributed by atoms with van der Waals surface area (Å²) in [6, 6.07) is 8.04. The van der Waals surface area contributed by atoms with Gasteiger partial charge in [-0.1, -0.05) is 30.3 Å². The summed E-state index contributed by atoms with van der Waals surface area (Å²) < 4.78 is 42.1. The number of alkyl halides is 3. The van der Waals surface area contributed by atoms with Gasteiger partial charge in [0, 0.05) is 0 Å². The van der Waals surface area contributed by atoms with Gasteiger partial charge >= 0.3 is 12.1 Å². The summed E-state index contributed by atoms with van der Waals surface area (Å²) in [5, 5.41) is 0. The Kier molecular flexibility index (Phi) is 4.32. The number of ether oxygens (including phenoxy) is 1. The minimum Gasteiger partial charge on any atom is -0.460 e. The predicted octanol–water partition coefficient (Wildman–Crippen LogP) is 2.65. The van der Waals surface area contributed by atoms with Gasteiger partial charge in [0.25, 0.3) is 0 Å². The molecule has 20 heavy (non-hydrogen) atoms. The lowest BCUT2D eigenvalue weighted by Crippen LogP contribution is -2.33. The van der Waals surface area contributed by atoms with E-state index in [-0.39, 0.29) is 19.4 Å². The first-order chi connectivity index (χ1) is 9.38. The molecule has 1 aromatic rings. The van der Waals surface area contributed by atoms with Gasteiger partial charge in [-0.3, -0.25) is 4.79 Å². The average molecular weight is 287 g/mol. The highest BCUT2D eigenvalue weighted by Crippen LogP contribution is 2.52. The van der Waals surface area contributed by atoms with Crippen LogP contribution < -0.4 is 5.73 Å². The van der Waals surface area contributed by atoms with Crippen LogP contribution in [0.3, 0.4) is 0 Å². The van der Waals surface area contributed by atoms with Gasteiger partial charge in [-0.15, -0.1) is 0 Å². The highest BCUT2D eigenvalue weighted by Gasteiger charge is 2.55. The molecule has 110 valence electrons. The van der Waals surface area contributed by atoms with Gasteiger partial charge in [0.1, 0.15) is 12.6 Å². The summed E-state index contributed by atoms with van der Waals surface area (Å²) in [6.07, 6.45) is -4.10. The minimum atomic E-state index is -4.18. The third-order valence-corrected chi connectivity index (χ3v) is 3.43. The summed E-state index contributed by atoms with van der Waals surface area (Å²) >= 11 is 0. The van der Waals surface area contributed by atoms with E-state index in [1.165, 1.54) is 0 Å². The topological polar surface area (TPSA) is 52.3 Å². The molecule has 0 radical (unpaired) electrons. The lowest BCUT2D eigenvalue weighted by molar-refractivity contribution is -0.153. The molecule has 3 unspecified atom stereocenters. The van der Waals surface area contributed by atoms with Crippen LogP contribution in [0.4, 0.5) is 13.2 Å². The van der Waals surface area contributed by atoms with Gasteiger partial charge in [-0.25, -0.2) is 0 Å². The maximum absolute atomic E-state index is 12.4. The molecule has 0 bridgehead atoms. The molecule has 1 saturated carbocycles. The van der Waals surface area contributed by atoms with Crippen LogP contribution in [0.25, 0.3) is 0 Å². The van der Waals surface area contributed by atoms with Crippen molar-refractivity contribution in [3.63, 3.8) is 0 Å². The number of carbonyl (C=O) groups excluding carboxylic acids is 1. The zero-order valence-corrected chi connectivity index (χ0v) is 10.8. The molecule has 1 aromatic carbocycles. The predicted molar refractivity (Wildman–Crippen MR) is 66.5 cm³/mol. The van der Waals surface area contributed by atoms with E-state index in [4.69, 9.17) is 10.5 Å². The van der Waals surface area contributed by atoms with Crippen LogP contribution in [-0.4, -0.2) is 18.2 Å². The van der Waals surface area contributed by atoms with E-state index in [1.54, 1.807) is 24.3 Å². The van der Waals surface area contributed by atoms with Crippen LogP contribution in [0.1, 0.15) is 18.4 Å². The van der Waals surface area contributed by atoms with Crippen LogP contribution in [0, 0.1) is 11.8 Å². The fraction of sp³-hybridized carbons (Fsp3) is 0.500. The van der Waals surface area contributed by atoms with Crippen molar-refractivity contribution in [2.24, 2.45) is 17.6 Å². The number of hydrogen-bond donors (Lipinski definition) is 1. The number of rotatable bonds is 5. The van der Waals surface area contributed by atoms with Gasteiger partial charge in [-0.05, 0) is 24.3 Å². The van der Waals surface area contributed by atoms with Gasteiger partial charge in [0.15, 0.2) is 0 Å². The Bertz CT molecular complexity index is 461. The summed E-state index contributed by atoms with van der Waals surface area (Å²) in [4.78, 5) is 11.6. The summed E-state index contributed by atoms with van der Waals surface area (Å²) in [6.45, 7) is 0.0841. The zero-order valence-electron chi connectivity index (χ0n) is 10.8. The van der Waals surface area contributed by atoms with E-state index >= 15 is 0 Å². The lowest BCUT2D eigenvalue weighted by Gasteiger charge is -2.12. The molecule has 1 aliphatic carbocycles. The second-order valence-corrected chi connectivity index (χ2v) is 5.08. The summed E-state index contributed by atoms with van der Waals surface area (Å²) in [5.41, 5.74) is 6.40. The highest BCUT2D eigenvalue weighted by molar-refractivity contribution is 5.75. The smallest absolute Gasteiger partial charge is 0.392 e. The molecule has 0 heterocycles. The molecule has 2 N–H and O–H groups in total. The maximum Gasteiger partial charge on any atom is 0.392 e. The summed E-state index contributed by atoms with van der Waals surface area (Å²) in [7, 11) is 0. The lowest BCUT2D eigenvalue weighted by atomic mass is 10.1. The molecular formula is C14H16F3NO2. The van der Waals surface area contributed by atoms with Crippen molar-refractivity contribution >= 4 is 5.97 Å². The maximum atomic E-state index is 12.4. The Balaban J connectivity index is 1.73. The standard InChI is InChI=1S/C14H16F3NO2/c15-14(16,17)11-6-10(11)7-12(18)13(19)20-8-9-4-2-1-3-5-9/h1-5,10-12H,6-8,18H2. The Morgan fingerprint density at radius 1 is 1.35 bits per heavy atom. The molecule has 0 aliphatic heterocycles. The zero-order chi connectivity index (χ0) is 14.8. The molecule has 1 fully saturated rings. The number of hydrogen-bond acceptors (Lipinski definition) is 3. The molecule has 1 aliphatic rings. The monoisotopic (exact) mass is 287 g/mol. The van der Waals surface area contributed by atoms with E-state index in [0.29, 0.717) is 0 Å². The number of nitrogens with two attached hydrogens (primary N) is 1. The van der Waals surface area contributed by atoms with E-state index in [9.17, 15) is 18.0 Å². The third kappa shape index (κ3) is 3.96. The fourth-order valence-electron chi connectivity index (χ4n) is 2.17. The second kappa shape index (κ2) is 5.83. The normalized spacial score (nSPS) is 23.2. The minimum absolute atomic E-state index is 0.0256. The molecule has 3 atom stereocenters. The average Bonchev–Trinajstić information content (AvgIpc) is 3.16. The van der Waals surface area contributed by atoms with Gasteiger partial charge in [-0.2, -0.15) is 13.2 Å². The number of benzene rings is 1. The Morgan fingerprint density at radius 3 is 2.55 bits per heavy atom. The SMILES string of the molecule is NC(CC1CC1C(F)(F)F)C(=O)OCc1ccccc1. The van der Waals surface area contributed by atoms with Crippen molar-refractivity contribution in [1.29, 1.82) is 0 Å². The first-order valence-electron chi connectivity index (χ1n) is 6.41. The first-order valence-corrected chi connectivity index (χ1v) is 6.41. The van der Waals surface area contributed by atoms with Gasteiger partial charge in [0.2, 0.25) is 0 Å². The van der Waals surface area contributed by atoms with Crippen molar-refractivity contribution < 1.29 is 22.7 Å². The highest BCUT2D eigenvalue weighted by atomic mass is 19.4. The van der Waals surface area contributed by atoms with Crippen LogP contribution in [-0.2, 0) is 16.1 Å². The molecule has 0 saturated heterocycles. The van der Waals surface area contributed by atoms with E-state index in [2.05, 4.69) is 0 Å². The Labute approximate surface area is 114 Å². The van der Waals surface area contributed by atoms with E-state index in [0.717, 1.165) is 5.56 Å². The van der Waals surface area contributed by atoms with Crippen LogP contribution in [0.2, 0.25) is 0 Å². The largest absolute Gasteiger partial charge is 0.460 e. The number of carbonyl (C=O) groups is 1. The van der Waals surface area contributed by atoms with Gasteiger partial charge < -0.3 is 10.5 Å². The van der Waals surface area contributed by atoms with Crippen LogP contribution in [0.5, 0.6) is 0 Å². The van der Waals surface area contributed by atoms with Crippen LogP contribution in [0.15, 0.2) is 30.3 Å². The van der Waals surface area contributed by atoms with Crippen LogP contribution >= 0.6 is 0 Å².